The van der Waals surface area contributed by atoms with E-state index in [1.807, 2.05) is 6.07 Å². The van der Waals surface area contributed by atoms with E-state index in [0.29, 0.717) is 22.6 Å². The molecule has 10 heteroatoms. The molecule has 0 bridgehead atoms. The number of aromatic amines is 1. The quantitative estimate of drug-likeness (QED) is 0.455. The second-order valence-corrected chi connectivity index (χ2v) is 6.88. The predicted octanol–water partition coefficient (Wildman–Crippen LogP) is 4.51. The van der Waals surface area contributed by atoms with Gasteiger partial charge >= 0.3 is 6.36 Å². The molecule has 3 rings (SSSR count). The number of methoxy groups -OCH3 is 1. The molecule has 0 aliphatic heterocycles. The standard InChI is InChI=1S/C20H14F3N3O3S/c1-28-14-8-4-13(5-9-14)17-16(10-24)18(27)26-19(25-17)30-11-12-2-6-15(7-3-12)29-20(21,22)23/h2-9H,11H2,1H3,(H,25,26,27). The van der Waals surface area contributed by atoms with Gasteiger partial charge < -0.3 is 14.5 Å². The largest absolute Gasteiger partial charge is 0.573 e. The van der Waals surface area contributed by atoms with Crippen LogP contribution in [0.2, 0.25) is 0 Å². The van der Waals surface area contributed by atoms with E-state index in [0.717, 1.165) is 0 Å². The molecule has 1 heterocycles. The topological polar surface area (TPSA) is 88.0 Å². The van der Waals surface area contributed by atoms with Gasteiger partial charge in [-0.05, 0) is 42.0 Å². The third-order valence-corrected chi connectivity index (χ3v) is 4.85. The lowest BCUT2D eigenvalue weighted by Crippen LogP contribution is -2.17. The van der Waals surface area contributed by atoms with Crippen LogP contribution in [0.25, 0.3) is 11.3 Å². The van der Waals surface area contributed by atoms with Gasteiger partial charge in [-0.15, -0.1) is 13.2 Å². The van der Waals surface area contributed by atoms with Crippen molar-refractivity contribution in [3.8, 4) is 28.8 Å². The number of nitriles is 1. The number of nitrogens with one attached hydrogen (secondary N) is 1. The van der Waals surface area contributed by atoms with Gasteiger partial charge in [0.15, 0.2) is 5.16 Å². The zero-order chi connectivity index (χ0) is 21.7. The number of halogens is 3. The highest BCUT2D eigenvalue weighted by atomic mass is 32.2. The molecule has 154 valence electrons. The SMILES string of the molecule is COc1ccc(-c2nc(SCc3ccc(OC(F)(F)F)cc3)[nH]c(=O)c2C#N)cc1. The molecule has 0 spiro atoms. The average Bonchev–Trinajstić information content (AvgIpc) is 2.72. The molecule has 0 aliphatic carbocycles. The first-order valence-corrected chi connectivity index (χ1v) is 9.44. The Morgan fingerprint density at radius 1 is 1.10 bits per heavy atom. The maximum Gasteiger partial charge on any atom is 0.573 e. The Morgan fingerprint density at radius 3 is 2.30 bits per heavy atom. The normalized spacial score (nSPS) is 11.0. The predicted molar refractivity (Wildman–Crippen MR) is 104 cm³/mol. The van der Waals surface area contributed by atoms with Crippen molar-refractivity contribution in [2.24, 2.45) is 0 Å². The molecule has 2 aromatic carbocycles. The van der Waals surface area contributed by atoms with Crippen LogP contribution < -0.4 is 15.0 Å². The van der Waals surface area contributed by atoms with Crippen molar-refractivity contribution in [2.75, 3.05) is 7.11 Å². The highest BCUT2D eigenvalue weighted by Gasteiger charge is 2.30. The van der Waals surface area contributed by atoms with E-state index in [4.69, 9.17) is 4.74 Å². The van der Waals surface area contributed by atoms with E-state index in [1.165, 1.54) is 43.1 Å². The maximum absolute atomic E-state index is 12.3. The summed E-state index contributed by atoms with van der Waals surface area (Å²) in [6, 6.07) is 14.0. The molecule has 0 aliphatic rings. The van der Waals surface area contributed by atoms with Gasteiger partial charge in [-0.2, -0.15) is 5.26 Å². The minimum Gasteiger partial charge on any atom is -0.497 e. The first-order valence-electron chi connectivity index (χ1n) is 8.45. The van der Waals surface area contributed by atoms with Crippen molar-refractivity contribution in [3.05, 3.63) is 70.0 Å². The lowest BCUT2D eigenvalue weighted by Gasteiger charge is -2.09. The molecule has 30 heavy (non-hydrogen) atoms. The summed E-state index contributed by atoms with van der Waals surface area (Å²) in [6.07, 6.45) is -4.75. The zero-order valence-corrected chi connectivity index (χ0v) is 16.3. The minimum atomic E-state index is -4.75. The Bertz CT molecular complexity index is 1120. The highest BCUT2D eigenvalue weighted by molar-refractivity contribution is 7.98. The number of hydrogen-bond acceptors (Lipinski definition) is 6. The van der Waals surface area contributed by atoms with Crippen LogP contribution in [-0.2, 0) is 5.75 Å². The summed E-state index contributed by atoms with van der Waals surface area (Å²) < 4.78 is 45.6. The van der Waals surface area contributed by atoms with Crippen molar-refractivity contribution in [3.63, 3.8) is 0 Å². The van der Waals surface area contributed by atoms with E-state index in [-0.39, 0.29) is 22.2 Å². The fraction of sp³-hybridized carbons (Fsp3) is 0.150. The van der Waals surface area contributed by atoms with Crippen LogP contribution in [0.15, 0.2) is 58.5 Å². The number of hydrogen-bond donors (Lipinski definition) is 1. The second kappa shape index (κ2) is 8.92. The number of H-pyrrole nitrogens is 1. The lowest BCUT2D eigenvalue weighted by atomic mass is 10.1. The average molecular weight is 433 g/mol. The Morgan fingerprint density at radius 2 is 1.73 bits per heavy atom. The second-order valence-electron chi connectivity index (χ2n) is 5.92. The number of thioether (sulfide) groups is 1. The summed E-state index contributed by atoms with van der Waals surface area (Å²) in [7, 11) is 1.53. The van der Waals surface area contributed by atoms with Crippen molar-refractivity contribution in [1.29, 1.82) is 5.26 Å². The third kappa shape index (κ3) is 5.33. The number of benzene rings is 2. The molecule has 0 unspecified atom stereocenters. The van der Waals surface area contributed by atoms with E-state index >= 15 is 0 Å². The Balaban J connectivity index is 1.80. The molecule has 0 saturated carbocycles. The number of rotatable bonds is 6. The van der Waals surface area contributed by atoms with Gasteiger partial charge in [0, 0.05) is 11.3 Å². The molecule has 0 saturated heterocycles. The maximum atomic E-state index is 12.3. The first kappa shape index (κ1) is 21.3. The minimum absolute atomic E-state index is 0.113. The highest BCUT2D eigenvalue weighted by Crippen LogP contribution is 2.27. The summed E-state index contributed by atoms with van der Waals surface area (Å²) >= 11 is 1.18. The van der Waals surface area contributed by atoms with Gasteiger partial charge in [-0.3, -0.25) is 4.79 Å². The number of alkyl halides is 3. The summed E-state index contributed by atoms with van der Waals surface area (Å²) in [6.45, 7) is 0. The van der Waals surface area contributed by atoms with Crippen LogP contribution in [0.3, 0.4) is 0 Å². The van der Waals surface area contributed by atoms with E-state index in [1.54, 1.807) is 24.3 Å². The van der Waals surface area contributed by atoms with Crippen LogP contribution in [0.1, 0.15) is 11.1 Å². The molecule has 0 amide bonds. The van der Waals surface area contributed by atoms with Crippen LogP contribution in [0, 0.1) is 11.3 Å². The van der Waals surface area contributed by atoms with E-state index < -0.39 is 11.9 Å². The Hall–Kier alpha value is -3.45. The summed E-state index contributed by atoms with van der Waals surface area (Å²) in [5.74, 6) is 0.640. The van der Waals surface area contributed by atoms with Gasteiger partial charge in [0.05, 0.1) is 12.8 Å². The van der Waals surface area contributed by atoms with Crippen molar-refractivity contribution in [1.82, 2.24) is 9.97 Å². The van der Waals surface area contributed by atoms with Crippen molar-refractivity contribution in [2.45, 2.75) is 17.3 Å². The molecule has 1 aromatic heterocycles. The molecule has 0 fully saturated rings. The molecule has 0 atom stereocenters. The molecular weight excluding hydrogens is 419 g/mol. The van der Waals surface area contributed by atoms with Crippen molar-refractivity contribution >= 4 is 11.8 Å². The zero-order valence-electron chi connectivity index (χ0n) is 15.5. The van der Waals surface area contributed by atoms with Crippen LogP contribution in [0.4, 0.5) is 13.2 Å². The van der Waals surface area contributed by atoms with Gasteiger partial charge in [0.1, 0.15) is 23.1 Å². The smallest absolute Gasteiger partial charge is 0.497 e. The first-order chi connectivity index (χ1) is 14.3. The Kier molecular flexibility index (Phi) is 6.32. The van der Waals surface area contributed by atoms with Gasteiger partial charge in [-0.1, -0.05) is 23.9 Å². The third-order valence-electron chi connectivity index (χ3n) is 3.91. The summed E-state index contributed by atoms with van der Waals surface area (Å²) in [5.41, 5.74) is 0.828. The summed E-state index contributed by atoms with van der Waals surface area (Å²) in [5, 5.41) is 9.61. The summed E-state index contributed by atoms with van der Waals surface area (Å²) in [4.78, 5) is 19.2. The van der Waals surface area contributed by atoms with Crippen LogP contribution in [-0.4, -0.2) is 23.4 Å². The van der Waals surface area contributed by atoms with E-state index in [9.17, 15) is 23.2 Å². The van der Waals surface area contributed by atoms with Gasteiger partial charge in [-0.25, -0.2) is 4.98 Å². The van der Waals surface area contributed by atoms with Crippen LogP contribution in [0.5, 0.6) is 11.5 Å². The molecule has 0 radical (unpaired) electrons. The molecule has 1 N–H and O–H groups in total. The van der Waals surface area contributed by atoms with E-state index in [2.05, 4.69) is 14.7 Å². The Labute approximate surface area is 173 Å². The van der Waals surface area contributed by atoms with Crippen molar-refractivity contribution < 1.29 is 22.6 Å². The molecule has 6 nitrogen and oxygen atoms in total. The fourth-order valence-electron chi connectivity index (χ4n) is 2.52. The number of ether oxygens (including phenoxy) is 2. The fourth-order valence-corrected chi connectivity index (χ4v) is 3.34. The number of aromatic nitrogens is 2. The molecular formula is C20H14F3N3O3S. The lowest BCUT2D eigenvalue weighted by molar-refractivity contribution is -0.274. The molecule has 3 aromatic rings. The number of nitrogens with zero attached hydrogens (tertiary/aromatic N) is 2. The van der Waals surface area contributed by atoms with Crippen LogP contribution >= 0.6 is 11.8 Å². The monoisotopic (exact) mass is 433 g/mol. The van der Waals surface area contributed by atoms with Gasteiger partial charge in [0.2, 0.25) is 0 Å². The van der Waals surface area contributed by atoms with Gasteiger partial charge in [0.25, 0.3) is 5.56 Å².